The van der Waals surface area contributed by atoms with Crippen molar-refractivity contribution in [2.24, 2.45) is 17.3 Å². The minimum Gasteiger partial charge on any atom is -0.507 e. The number of amides is 2. The van der Waals surface area contributed by atoms with Gasteiger partial charge in [0.2, 0.25) is 17.7 Å². The third kappa shape index (κ3) is 10.8. The van der Waals surface area contributed by atoms with E-state index < -0.39 is 18.1 Å². The van der Waals surface area contributed by atoms with E-state index in [4.69, 9.17) is 15.0 Å². The zero-order valence-electron chi connectivity index (χ0n) is 45.8. The van der Waals surface area contributed by atoms with Crippen LogP contribution in [0.1, 0.15) is 108 Å². The van der Waals surface area contributed by atoms with Gasteiger partial charge in [-0.25, -0.2) is 9.97 Å². The number of ether oxygens (including phenoxy) is 1. The van der Waals surface area contributed by atoms with Crippen molar-refractivity contribution < 1.29 is 29.1 Å². The first kappa shape index (κ1) is 52.8. The number of nitrogens with two attached hydrogens (primary N) is 1. The average molecular weight is 1090 g/mol. The largest absolute Gasteiger partial charge is 0.507 e. The SMILES string of the molecule is Cc1ncsc1-c1ccc([C@H](C)NC(=O)[C@@H]2C[C@@H](O)CN2C(=O)[C@@H](c2cc(N3CCC4(CCCN(CC5CC(Oc6cc(N7C8CCC7CN(c7cc(-c9ccccc9O)nnc7N)C8)ccn6)C5)C4)CC3)no2)C(C)C)cc1. The van der Waals surface area contributed by atoms with Gasteiger partial charge in [-0.15, -0.1) is 21.5 Å². The third-order valence-electron chi connectivity index (χ3n) is 18.1. The maximum atomic E-state index is 14.5. The van der Waals surface area contributed by atoms with Crippen molar-refractivity contribution in [3.05, 3.63) is 102 Å². The van der Waals surface area contributed by atoms with E-state index in [1.54, 1.807) is 28.4 Å². The Morgan fingerprint density at radius 1 is 0.911 bits per heavy atom. The smallest absolute Gasteiger partial charge is 0.243 e. The molecule has 5 saturated heterocycles. The Hall–Kier alpha value is -6.83. The quantitative estimate of drug-likeness (QED) is 0.0762. The molecule has 2 unspecified atom stereocenters. The molecule has 6 fully saturated rings. The number of β-amino-alcohol motifs (C(OH)–C–C–N with tert-alkyl or cyclic N) is 1. The van der Waals surface area contributed by atoms with Gasteiger partial charge in [-0.2, -0.15) is 0 Å². The second-order valence-corrected chi connectivity index (χ2v) is 24.6. The number of piperidine rings is 2. The van der Waals surface area contributed by atoms with Gasteiger partial charge >= 0.3 is 0 Å². The van der Waals surface area contributed by atoms with Crippen molar-refractivity contribution >= 4 is 46.2 Å². The van der Waals surface area contributed by atoms with Gasteiger partial charge in [-0.3, -0.25) is 9.59 Å². The number of anilines is 4. The number of aliphatic hydroxyl groups excluding tert-OH is 1. The highest BCUT2D eigenvalue weighted by Crippen LogP contribution is 2.44. The number of nitrogen functional groups attached to an aromatic ring is 1. The van der Waals surface area contributed by atoms with Crippen LogP contribution < -0.4 is 30.5 Å². The molecule has 12 rings (SSSR count). The van der Waals surface area contributed by atoms with Crippen molar-refractivity contribution in [2.75, 3.05) is 72.8 Å². The molecule has 2 amide bonds. The number of phenolic OH excluding ortho intramolecular Hbond substituents is 1. The summed E-state index contributed by atoms with van der Waals surface area (Å²) in [6.07, 6.45) is 10.2. The molecule has 2 bridgehead atoms. The van der Waals surface area contributed by atoms with Crippen LogP contribution in [-0.2, 0) is 9.59 Å². The zero-order valence-corrected chi connectivity index (χ0v) is 46.6. The predicted octanol–water partition coefficient (Wildman–Crippen LogP) is 8.22. The number of carbonyl (C=O) groups is 2. The first-order chi connectivity index (χ1) is 38.2. The number of hydrogen-bond donors (Lipinski definition) is 4. The van der Waals surface area contributed by atoms with Gasteiger partial charge in [0, 0.05) is 93.9 Å². The van der Waals surface area contributed by atoms with Gasteiger partial charge < -0.3 is 55.0 Å². The summed E-state index contributed by atoms with van der Waals surface area (Å²) in [6.45, 7) is 14.7. The topological polar surface area (TPSA) is 216 Å². The molecular weight excluding hydrogens is 1020 g/mol. The van der Waals surface area contributed by atoms with Crippen molar-refractivity contribution in [3.8, 4) is 33.3 Å². The first-order valence-electron chi connectivity index (χ1n) is 28.6. The van der Waals surface area contributed by atoms with Crippen LogP contribution in [0.2, 0.25) is 0 Å². The Morgan fingerprint density at radius 2 is 1.68 bits per heavy atom. The van der Waals surface area contributed by atoms with Crippen LogP contribution in [0, 0.1) is 24.2 Å². The fourth-order valence-electron chi connectivity index (χ4n) is 13.8. The van der Waals surface area contributed by atoms with Gasteiger partial charge in [0.25, 0.3) is 0 Å². The number of aliphatic hydroxyl groups is 1. The van der Waals surface area contributed by atoms with E-state index >= 15 is 0 Å². The van der Waals surface area contributed by atoms with E-state index in [0.717, 1.165) is 123 Å². The van der Waals surface area contributed by atoms with Gasteiger partial charge in [0.05, 0.1) is 39.6 Å². The maximum absolute atomic E-state index is 14.5. The number of hydrogen-bond acceptors (Lipinski definition) is 17. The molecule has 79 heavy (non-hydrogen) atoms. The number of rotatable bonds is 15. The molecule has 19 heteroatoms. The Labute approximate surface area is 466 Å². The van der Waals surface area contributed by atoms with Crippen LogP contribution in [0.4, 0.5) is 23.0 Å². The molecule has 5 aliphatic heterocycles. The van der Waals surface area contributed by atoms with Crippen LogP contribution in [0.15, 0.2) is 89.0 Å². The molecule has 416 valence electrons. The normalized spacial score (nSPS) is 24.7. The Morgan fingerprint density at radius 3 is 2.42 bits per heavy atom. The summed E-state index contributed by atoms with van der Waals surface area (Å²) in [7, 11) is 0. The number of phenols is 1. The predicted molar refractivity (Wildman–Crippen MR) is 305 cm³/mol. The van der Waals surface area contributed by atoms with Gasteiger partial charge in [0.1, 0.15) is 23.8 Å². The van der Waals surface area contributed by atoms with E-state index in [2.05, 4.69) is 62.4 Å². The van der Waals surface area contributed by atoms with Crippen LogP contribution in [0.25, 0.3) is 21.7 Å². The Bertz CT molecular complexity index is 3120. The van der Waals surface area contributed by atoms with E-state index in [1.807, 2.05) is 87.9 Å². The number of para-hydroxylation sites is 1. The molecule has 6 aromatic rings. The Balaban J connectivity index is 0.608. The lowest BCUT2D eigenvalue weighted by Gasteiger charge is -2.49. The molecule has 4 aromatic heterocycles. The van der Waals surface area contributed by atoms with Gasteiger partial charge in [-0.05, 0) is 124 Å². The molecule has 18 nitrogen and oxygen atoms in total. The molecule has 1 aliphatic carbocycles. The molecule has 2 aromatic carbocycles. The number of thiazole rings is 1. The standard InChI is InChI=1S/C60H74N12O6S/c1-36(2)55(59(76)71-33-45(73)27-50(71)58(75)64-37(3)40-10-12-41(13-11-40)56-38(4)63-35-79-56)52-29-53(67-78-52)69-22-18-60(19-23-69)17-7-21-68(34-60)30-39-24-46(25-39)77-54-26-42(16-20-62-54)72-43-14-15-44(72)32-70(31-43)49-28-48(65-66-57(49)61)47-8-5-6-9-51(47)74/h5-6,8-13,16,20,26,28-29,35-37,39,43-46,50,55,73-74H,7,14-15,17-19,21-25,27,30-34H2,1-4H3,(H2,61,66)(H,64,75)/t37-,39?,43?,44?,45+,46?,50-,55+/m0/s1. The van der Waals surface area contributed by atoms with E-state index in [1.165, 1.54) is 12.8 Å². The number of aryl methyl sites for hydroxylation is 1. The highest BCUT2D eigenvalue weighted by atomic mass is 32.1. The maximum Gasteiger partial charge on any atom is 0.243 e. The van der Waals surface area contributed by atoms with Crippen LogP contribution in [0.5, 0.6) is 11.6 Å². The molecule has 0 radical (unpaired) electrons. The van der Waals surface area contributed by atoms with Crippen molar-refractivity contribution in [3.63, 3.8) is 0 Å². The molecule has 6 atom stereocenters. The minimum absolute atomic E-state index is 0.0852. The summed E-state index contributed by atoms with van der Waals surface area (Å²) >= 11 is 1.60. The van der Waals surface area contributed by atoms with E-state index in [9.17, 15) is 19.8 Å². The van der Waals surface area contributed by atoms with Gasteiger partial charge in [-0.1, -0.05) is 55.4 Å². The zero-order chi connectivity index (χ0) is 54.5. The summed E-state index contributed by atoms with van der Waals surface area (Å²) in [4.78, 5) is 50.0. The van der Waals surface area contributed by atoms with E-state index in [0.29, 0.717) is 46.7 Å². The van der Waals surface area contributed by atoms with Crippen LogP contribution in [0.3, 0.4) is 0 Å². The number of fused-ring (bicyclic) bond motifs is 2. The summed E-state index contributed by atoms with van der Waals surface area (Å²) in [6, 6.07) is 22.9. The summed E-state index contributed by atoms with van der Waals surface area (Å²) in [5, 5.41) is 37.6. The van der Waals surface area contributed by atoms with Crippen molar-refractivity contribution in [2.45, 2.75) is 128 Å². The monoisotopic (exact) mass is 1090 g/mol. The fourth-order valence-corrected chi connectivity index (χ4v) is 14.7. The number of carbonyl (C=O) groups excluding carboxylic acids is 2. The van der Waals surface area contributed by atoms with Gasteiger partial charge in [0.15, 0.2) is 17.4 Å². The fraction of sp³-hybridized carbons (Fsp3) is 0.517. The van der Waals surface area contributed by atoms with Crippen molar-refractivity contribution in [1.82, 2.24) is 40.4 Å². The van der Waals surface area contributed by atoms with Crippen LogP contribution >= 0.6 is 11.3 Å². The summed E-state index contributed by atoms with van der Waals surface area (Å²) in [5.74, 6) is 1.79. The summed E-state index contributed by atoms with van der Waals surface area (Å²) < 4.78 is 12.6. The number of pyridine rings is 1. The first-order valence-corrected chi connectivity index (χ1v) is 29.4. The lowest BCUT2D eigenvalue weighted by molar-refractivity contribution is -0.141. The van der Waals surface area contributed by atoms with Crippen LogP contribution in [-0.4, -0.2) is 140 Å². The highest BCUT2D eigenvalue weighted by molar-refractivity contribution is 7.13. The third-order valence-corrected chi connectivity index (χ3v) is 19.1. The van der Waals surface area contributed by atoms with E-state index in [-0.39, 0.29) is 54.0 Å². The lowest BCUT2D eigenvalue weighted by Crippen LogP contribution is -2.54. The highest BCUT2D eigenvalue weighted by Gasteiger charge is 2.46. The van der Waals surface area contributed by atoms with Crippen molar-refractivity contribution in [1.29, 1.82) is 0 Å². The average Bonchev–Trinajstić information content (AvgIpc) is 4.43. The number of aromatic hydroxyl groups is 1. The number of likely N-dealkylation sites (tertiary alicyclic amines) is 2. The Kier molecular flexibility index (Phi) is 14.7. The number of piperazine rings is 1. The number of nitrogens with one attached hydrogen (secondary N) is 1. The number of benzene rings is 2. The molecule has 6 aliphatic rings. The second-order valence-electron chi connectivity index (χ2n) is 23.8. The molecule has 9 heterocycles. The minimum atomic E-state index is -0.804. The molecular formula is C60H74N12O6S. The number of nitrogens with zero attached hydrogens (tertiary/aromatic N) is 10. The summed E-state index contributed by atoms with van der Waals surface area (Å²) in [5.41, 5.74) is 14.8. The lowest BCUT2D eigenvalue weighted by atomic mass is 9.72. The molecule has 1 saturated carbocycles. The molecule has 1 spiro atoms. The molecule has 5 N–H and O–H groups in total. The second kappa shape index (κ2) is 22.0. The number of aromatic nitrogens is 5.